The van der Waals surface area contributed by atoms with Gasteiger partial charge in [-0.2, -0.15) is 5.10 Å². The van der Waals surface area contributed by atoms with E-state index in [1.54, 1.807) is 12.3 Å². The molecule has 4 aromatic rings. The second-order valence-corrected chi connectivity index (χ2v) is 7.17. The fourth-order valence-corrected chi connectivity index (χ4v) is 3.72. The van der Waals surface area contributed by atoms with Crippen LogP contribution in [0, 0.1) is 0 Å². The van der Waals surface area contributed by atoms with Gasteiger partial charge in [0.25, 0.3) is 0 Å². The molecular formula is C18H12BrN3OS. The van der Waals surface area contributed by atoms with E-state index in [9.17, 15) is 5.11 Å². The maximum atomic E-state index is 10.1. The van der Waals surface area contributed by atoms with Crippen LogP contribution < -0.4 is 5.43 Å². The maximum absolute atomic E-state index is 10.1. The molecule has 2 N–H and O–H groups in total. The van der Waals surface area contributed by atoms with Crippen LogP contribution in [0.3, 0.4) is 0 Å². The number of aromatic nitrogens is 1. The standard InChI is InChI=1S/C18H12BrN3OS/c19-12-6-7-13-11(9-12)5-8-16(23)14(13)10-20-22-18-21-15-3-1-2-4-17(15)24-18/h1-10,23H,(H,21,22)/b20-10-. The van der Waals surface area contributed by atoms with Gasteiger partial charge in [-0.1, -0.05) is 51.5 Å². The number of nitrogens with one attached hydrogen (secondary N) is 1. The number of rotatable bonds is 3. The Balaban J connectivity index is 1.65. The lowest BCUT2D eigenvalue weighted by atomic mass is 10.0. The number of fused-ring (bicyclic) bond motifs is 2. The first-order valence-corrected chi connectivity index (χ1v) is 8.87. The van der Waals surface area contributed by atoms with Crippen molar-refractivity contribution in [3.8, 4) is 5.75 Å². The van der Waals surface area contributed by atoms with Crippen LogP contribution in [-0.2, 0) is 0 Å². The van der Waals surface area contributed by atoms with E-state index in [1.807, 2.05) is 48.5 Å². The highest BCUT2D eigenvalue weighted by Gasteiger charge is 2.06. The van der Waals surface area contributed by atoms with E-state index in [-0.39, 0.29) is 5.75 Å². The van der Waals surface area contributed by atoms with Crippen LogP contribution in [0.2, 0.25) is 0 Å². The second-order valence-electron chi connectivity index (χ2n) is 5.22. The molecular weight excluding hydrogens is 386 g/mol. The zero-order chi connectivity index (χ0) is 16.5. The summed E-state index contributed by atoms with van der Waals surface area (Å²) in [6, 6.07) is 17.4. The van der Waals surface area contributed by atoms with Crippen LogP contribution in [0.15, 0.2) is 64.2 Å². The highest BCUT2D eigenvalue weighted by atomic mass is 79.9. The van der Waals surface area contributed by atoms with Crippen molar-refractivity contribution in [1.29, 1.82) is 0 Å². The van der Waals surface area contributed by atoms with E-state index in [1.165, 1.54) is 11.3 Å². The number of thiazole rings is 1. The van der Waals surface area contributed by atoms with Crippen LogP contribution in [0.5, 0.6) is 5.75 Å². The average Bonchev–Trinajstić information content (AvgIpc) is 2.99. The van der Waals surface area contributed by atoms with Gasteiger partial charge in [-0.15, -0.1) is 0 Å². The molecule has 0 aliphatic heterocycles. The predicted octanol–water partition coefficient (Wildman–Crippen LogP) is 5.36. The molecule has 24 heavy (non-hydrogen) atoms. The molecule has 0 spiro atoms. The number of anilines is 1. The Kier molecular flexibility index (Phi) is 3.92. The van der Waals surface area contributed by atoms with Gasteiger partial charge in [0.05, 0.1) is 16.4 Å². The van der Waals surface area contributed by atoms with Gasteiger partial charge in [-0.05, 0) is 41.1 Å². The lowest BCUT2D eigenvalue weighted by molar-refractivity contribution is 0.475. The molecule has 0 saturated carbocycles. The summed E-state index contributed by atoms with van der Waals surface area (Å²) >= 11 is 5.00. The van der Waals surface area contributed by atoms with Gasteiger partial charge in [-0.25, -0.2) is 4.98 Å². The number of halogens is 1. The fourth-order valence-electron chi connectivity index (χ4n) is 2.52. The van der Waals surface area contributed by atoms with Gasteiger partial charge in [0.2, 0.25) is 5.13 Å². The molecule has 0 radical (unpaired) electrons. The summed E-state index contributed by atoms with van der Waals surface area (Å²) in [6.45, 7) is 0. The summed E-state index contributed by atoms with van der Waals surface area (Å²) in [5.74, 6) is 0.194. The van der Waals surface area contributed by atoms with E-state index >= 15 is 0 Å². The Morgan fingerprint density at radius 2 is 2.00 bits per heavy atom. The number of phenols is 1. The number of hydrogen-bond acceptors (Lipinski definition) is 5. The number of aromatic hydroxyl groups is 1. The third-order valence-electron chi connectivity index (χ3n) is 3.65. The molecule has 1 aromatic heterocycles. The van der Waals surface area contributed by atoms with Gasteiger partial charge >= 0.3 is 0 Å². The van der Waals surface area contributed by atoms with Crippen molar-refractivity contribution in [2.75, 3.05) is 5.43 Å². The van der Waals surface area contributed by atoms with Crippen molar-refractivity contribution >= 4 is 59.6 Å². The summed E-state index contributed by atoms with van der Waals surface area (Å²) in [5, 5.41) is 17.1. The lowest BCUT2D eigenvalue weighted by Crippen LogP contribution is -1.91. The SMILES string of the molecule is Oc1ccc2cc(Br)ccc2c1/C=N\Nc1nc2ccccc2s1. The predicted molar refractivity (Wildman–Crippen MR) is 104 cm³/mol. The van der Waals surface area contributed by atoms with Crippen LogP contribution in [0.4, 0.5) is 5.13 Å². The van der Waals surface area contributed by atoms with Gasteiger partial charge in [0, 0.05) is 10.0 Å². The minimum atomic E-state index is 0.194. The molecule has 0 aliphatic rings. The number of benzene rings is 3. The third-order valence-corrected chi connectivity index (χ3v) is 5.08. The molecule has 4 rings (SSSR count). The quantitative estimate of drug-likeness (QED) is 0.361. The minimum Gasteiger partial charge on any atom is -0.507 e. The van der Waals surface area contributed by atoms with Crippen molar-refractivity contribution in [2.24, 2.45) is 5.10 Å². The first-order valence-electron chi connectivity index (χ1n) is 7.26. The van der Waals surface area contributed by atoms with Crippen LogP contribution in [0.25, 0.3) is 21.0 Å². The molecule has 118 valence electrons. The molecule has 6 heteroatoms. The topological polar surface area (TPSA) is 57.5 Å². The molecule has 0 unspecified atom stereocenters. The molecule has 0 saturated heterocycles. The van der Waals surface area contributed by atoms with Gasteiger partial charge in [0.1, 0.15) is 5.75 Å². The third kappa shape index (κ3) is 2.86. The monoisotopic (exact) mass is 397 g/mol. The normalized spacial score (nSPS) is 11.5. The summed E-state index contributed by atoms with van der Waals surface area (Å²) < 4.78 is 2.10. The van der Waals surface area contributed by atoms with Gasteiger partial charge < -0.3 is 5.11 Å². The van der Waals surface area contributed by atoms with Crippen molar-refractivity contribution in [1.82, 2.24) is 4.98 Å². The zero-order valence-corrected chi connectivity index (χ0v) is 14.8. The molecule has 4 nitrogen and oxygen atoms in total. The molecule has 0 atom stereocenters. The fraction of sp³-hybridized carbons (Fsp3) is 0. The Hall–Kier alpha value is -2.44. The van der Waals surface area contributed by atoms with Crippen LogP contribution in [-0.4, -0.2) is 16.3 Å². The zero-order valence-electron chi connectivity index (χ0n) is 12.4. The van der Waals surface area contributed by atoms with E-state index in [0.717, 1.165) is 30.6 Å². The Bertz CT molecular complexity index is 1040. The van der Waals surface area contributed by atoms with E-state index < -0.39 is 0 Å². The maximum Gasteiger partial charge on any atom is 0.204 e. The number of para-hydroxylation sites is 1. The van der Waals surface area contributed by atoms with Crippen LogP contribution in [0.1, 0.15) is 5.56 Å². The van der Waals surface area contributed by atoms with Crippen molar-refractivity contribution in [3.63, 3.8) is 0 Å². The van der Waals surface area contributed by atoms with Crippen LogP contribution >= 0.6 is 27.3 Å². The summed E-state index contributed by atoms with van der Waals surface area (Å²) in [7, 11) is 0. The molecule has 3 aromatic carbocycles. The molecule has 0 amide bonds. The van der Waals surface area contributed by atoms with E-state index in [4.69, 9.17) is 0 Å². The Morgan fingerprint density at radius 3 is 2.88 bits per heavy atom. The number of nitrogens with zero attached hydrogens (tertiary/aromatic N) is 2. The first-order chi connectivity index (χ1) is 11.7. The lowest BCUT2D eigenvalue weighted by Gasteiger charge is -2.05. The van der Waals surface area contributed by atoms with Crippen molar-refractivity contribution in [2.45, 2.75) is 0 Å². The Labute approximate surface area is 150 Å². The molecule has 0 bridgehead atoms. The number of hydrazone groups is 1. The highest BCUT2D eigenvalue weighted by molar-refractivity contribution is 9.10. The Morgan fingerprint density at radius 1 is 1.12 bits per heavy atom. The van der Waals surface area contributed by atoms with Gasteiger partial charge in [0.15, 0.2) is 0 Å². The number of hydrogen-bond donors (Lipinski definition) is 2. The smallest absolute Gasteiger partial charge is 0.204 e. The second kappa shape index (κ2) is 6.22. The first kappa shape index (κ1) is 15.1. The summed E-state index contributed by atoms with van der Waals surface area (Å²) in [5.41, 5.74) is 4.56. The molecule has 1 heterocycles. The van der Waals surface area contributed by atoms with E-state index in [2.05, 4.69) is 31.4 Å². The molecule has 0 fully saturated rings. The minimum absolute atomic E-state index is 0.194. The van der Waals surface area contributed by atoms with Crippen molar-refractivity contribution in [3.05, 3.63) is 64.6 Å². The van der Waals surface area contributed by atoms with E-state index in [0.29, 0.717) is 5.56 Å². The largest absolute Gasteiger partial charge is 0.507 e. The number of phenolic OH excluding ortho intramolecular Hbond substituents is 1. The van der Waals surface area contributed by atoms with Crippen molar-refractivity contribution < 1.29 is 5.11 Å². The molecule has 0 aliphatic carbocycles. The average molecular weight is 398 g/mol. The highest BCUT2D eigenvalue weighted by Crippen LogP contribution is 2.28. The van der Waals surface area contributed by atoms with Gasteiger partial charge in [-0.3, -0.25) is 5.43 Å². The summed E-state index contributed by atoms with van der Waals surface area (Å²) in [4.78, 5) is 4.47. The summed E-state index contributed by atoms with van der Waals surface area (Å²) in [6.07, 6.45) is 1.62.